The first kappa shape index (κ1) is 27.7. The number of thiazole rings is 1. The lowest BCUT2D eigenvalue weighted by Crippen LogP contribution is -2.37. The molecule has 3 N–H and O–H groups in total. The third-order valence-corrected chi connectivity index (χ3v) is 8.84. The molecule has 0 fully saturated rings. The van der Waals surface area contributed by atoms with Crippen LogP contribution in [0, 0.1) is 5.92 Å². The molecule has 0 amide bonds. The van der Waals surface area contributed by atoms with E-state index in [4.69, 9.17) is 28.9 Å². The van der Waals surface area contributed by atoms with Crippen molar-refractivity contribution in [3.8, 4) is 28.7 Å². The Morgan fingerprint density at radius 1 is 1.16 bits per heavy atom. The number of carbonyl (C=O) groups is 2. The molecule has 0 bridgehead atoms. The summed E-state index contributed by atoms with van der Waals surface area (Å²) in [5.74, 6) is 0.468. The van der Waals surface area contributed by atoms with Gasteiger partial charge in [-0.05, 0) is 51.0 Å². The SMILES string of the molecule is CCOC(=O)[C@H](C)NP(=O)(Oc1ccc2c(c1)OCO2)c1ccc(-c2nc(N)sc2C(=O)C(CC)CC)o1. The summed E-state index contributed by atoms with van der Waals surface area (Å²) in [5, 5.41) is 2.95. The van der Waals surface area contributed by atoms with E-state index < -0.39 is 19.5 Å². The van der Waals surface area contributed by atoms with E-state index in [1.165, 1.54) is 19.1 Å². The van der Waals surface area contributed by atoms with Crippen LogP contribution < -0.4 is 30.3 Å². The Morgan fingerprint density at radius 3 is 2.61 bits per heavy atom. The highest BCUT2D eigenvalue weighted by molar-refractivity contribution is 7.65. The van der Waals surface area contributed by atoms with Gasteiger partial charge >= 0.3 is 13.5 Å². The number of nitrogens with zero attached hydrogens (tertiary/aromatic N) is 1. The van der Waals surface area contributed by atoms with Gasteiger partial charge in [0.05, 0.1) is 6.61 Å². The minimum Gasteiger partial charge on any atom is -0.465 e. The molecule has 204 valence electrons. The summed E-state index contributed by atoms with van der Waals surface area (Å²) in [6.45, 7) is 7.28. The number of nitrogens with two attached hydrogens (primary N) is 1. The summed E-state index contributed by atoms with van der Waals surface area (Å²) in [5.41, 5.74) is 6.13. The number of Topliss-reactive ketones (excluding diaryl/α,β-unsaturated/α-hetero) is 1. The van der Waals surface area contributed by atoms with E-state index in [9.17, 15) is 14.2 Å². The molecule has 11 nitrogen and oxygen atoms in total. The number of aromatic nitrogens is 1. The number of nitrogens with one attached hydrogen (secondary N) is 1. The van der Waals surface area contributed by atoms with Crippen molar-refractivity contribution in [1.29, 1.82) is 0 Å². The highest BCUT2D eigenvalue weighted by Gasteiger charge is 2.37. The third-order valence-electron chi connectivity index (χ3n) is 5.92. The summed E-state index contributed by atoms with van der Waals surface area (Å²) in [4.78, 5) is 30.2. The van der Waals surface area contributed by atoms with Gasteiger partial charge in [-0.1, -0.05) is 25.2 Å². The molecule has 13 heteroatoms. The van der Waals surface area contributed by atoms with Crippen LogP contribution in [0.25, 0.3) is 11.5 Å². The summed E-state index contributed by atoms with van der Waals surface area (Å²) in [6, 6.07) is 6.72. The van der Waals surface area contributed by atoms with Gasteiger partial charge in [-0.2, -0.15) is 0 Å². The molecule has 38 heavy (non-hydrogen) atoms. The van der Waals surface area contributed by atoms with Crippen LogP contribution in [0.2, 0.25) is 0 Å². The molecule has 1 unspecified atom stereocenters. The van der Waals surface area contributed by atoms with Crippen LogP contribution in [0.1, 0.15) is 50.2 Å². The number of carbonyl (C=O) groups excluding carboxylic acids is 2. The first-order valence-corrected chi connectivity index (χ1v) is 14.7. The highest BCUT2D eigenvalue weighted by Crippen LogP contribution is 2.46. The molecule has 2 atom stereocenters. The lowest BCUT2D eigenvalue weighted by atomic mass is 9.96. The Labute approximate surface area is 224 Å². The Kier molecular flexibility index (Phi) is 8.44. The number of benzene rings is 1. The second kappa shape index (κ2) is 11.6. The molecular formula is C25H30N3O8PS. The maximum Gasteiger partial charge on any atom is 0.382 e. The van der Waals surface area contributed by atoms with Crippen molar-refractivity contribution < 1.29 is 37.3 Å². The Hall–Kier alpha value is -3.34. The molecule has 0 radical (unpaired) electrons. The fourth-order valence-electron chi connectivity index (χ4n) is 3.92. The molecular weight excluding hydrogens is 533 g/mol. The minimum absolute atomic E-state index is 0.0604. The standard InChI is InChI=1S/C25H30N3O8PS/c1-5-15(6-2)22(29)23-21(27-25(26)38-23)18-10-11-20(35-18)37(31,28-14(4)24(30)32-7-3)36-16-8-9-17-19(12-16)34-13-33-17/h8-12,14-15H,5-7,13H2,1-4H3,(H2,26,27)(H,28,31)/t14-,37?/m0/s1. The first-order chi connectivity index (χ1) is 18.2. The Bertz CT molecular complexity index is 1370. The van der Waals surface area contributed by atoms with E-state index in [1.807, 2.05) is 13.8 Å². The molecule has 4 rings (SSSR count). The van der Waals surface area contributed by atoms with Gasteiger partial charge in [-0.25, -0.2) is 10.1 Å². The monoisotopic (exact) mass is 563 g/mol. The Morgan fingerprint density at radius 2 is 1.89 bits per heavy atom. The molecule has 1 aliphatic rings. The topological polar surface area (TPSA) is 152 Å². The summed E-state index contributed by atoms with van der Waals surface area (Å²) in [7, 11) is -4.07. The predicted molar refractivity (Wildman–Crippen MR) is 142 cm³/mol. The molecule has 2 aromatic heterocycles. The number of fused-ring (bicyclic) bond motifs is 1. The molecule has 1 aliphatic heterocycles. The average Bonchev–Trinajstić information content (AvgIpc) is 3.64. The normalized spacial score (nSPS) is 14.8. The zero-order chi connectivity index (χ0) is 27.4. The maximum atomic E-state index is 14.3. The second-order valence-corrected chi connectivity index (χ2v) is 11.5. The van der Waals surface area contributed by atoms with Crippen LogP contribution in [0.4, 0.5) is 5.13 Å². The molecule has 0 saturated carbocycles. The van der Waals surface area contributed by atoms with Gasteiger partial charge in [0.1, 0.15) is 22.4 Å². The summed E-state index contributed by atoms with van der Waals surface area (Å²) in [6.07, 6.45) is 1.34. The van der Waals surface area contributed by atoms with Gasteiger partial charge in [-0.3, -0.25) is 14.2 Å². The number of furan rings is 1. The van der Waals surface area contributed by atoms with E-state index in [0.29, 0.717) is 29.2 Å². The van der Waals surface area contributed by atoms with Gasteiger partial charge in [-0.15, -0.1) is 0 Å². The minimum atomic E-state index is -4.07. The van der Waals surface area contributed by atoms with Crippen LogP contribution >= 0.6 is 18.9 Å². The lowest BCUT2D eigenvalue weighted by molar-refractivity contribution is -0.144. The smallest absolute Gasteiger partial charge is 0.382 e. The van der Waals surface area contributed by atoms with Gasteiger partial charge in [0, 0.05) is 12.0 Å². The van der Waals surface area contributed by atoms with Crippen molar-refractivity contribution in [3.63, 3.8) is 0 Å². The number of ketones is 1. The number of ether oxygens (including phenoxy) is 3. The average molecular weight is 564 g/mol. The number of hydrogen-bond acceptors (Lipinski definition) is 11. The molecule has 1 aromatic carbocycles. The quantitative estimate of drug-likeness (QED) is 0.178. The molecule has 0 saturated heterocycles. The van der Waals surface area contributed by atoms with Crippen LogP contribution in [-0.2, 0) is 14.1 Å². The molecule has 0 aliphatic carbocycles. The first-order valence-electron chi connectivity index (χ1n) is 12.2. The largest absolute Gasteiger partial charge is 0.465 e. The Balaban J connectivity index is 1.71. The number of anilines is 1. The van der Waals surface area contributed by atoms with Gasteiger partial charge in [0.15, 0.2) is 28.2 Å². The molecule has 0 spiro atoms. The van der Waals surface area contributed by atoms with E-state index in [0.717, 1.165) is 11.3 Å². The highest BCUT2D eigenvalue weighted by atomic mass is 32.1. The predicted octanol–water partition coefficient (Wildman–Crippen LogP) is 4.77. The van der Waals surface area contributed by atoms with E-state index in [2.05, 4.69) is 10.1 Å². The van der Waals surface area contributed by atoms with Crippen LogP contribution in [0.15, 0.2) is 34.7 Å². The van der Waals surface area contributed by atoms with Gasteiger partial charge < -0.3 is 28.9 Å². The number of rotatable bonds is 12. The van der Waals surface area contributed by atoms with Gasteiger partial charge in [0.25, 0.3) is 0 Å². The lowest BCUT2D eigenvalue weighted by Gasteiger charge is -2.22. The van der Waals surface area contributed by atoms with Gasteiger partial charge in [0.2, 0.25) is 12.3 Å². The van der Waals surface area contributed by atoms with Crippen molar-refractivity contribution in [2.45, 2.75) is 46.6 Å². The fraction of sp³-hybridized carbons (Fsp3) is 0.400. The number of hydrogen-bond donors (Lipinski definition) is 2. The number of nitrogen functional groups attached to an aromatic ring is 1. The van der Waals surface area contributed by atoms with Crippen LogP contribution in [0.3, 0.4) is 0 Å². The third kappa shape index (κ3) is 5.72. The van der Waals surface area contributed by atoms with Crippen molar-refractivity contribution in [3.05, 3.63) is 35.2 Å². The molecule has 3 heterocycles. The zero-order valence-electron chi connectivity index (χ0n) is 21.5. The summed E-state index contributed by atoms with van der Waals surface area (Å²) >= 11 is 1.08. The van der Waals surface area contributed by atoms with Crippen molar-refractivity contribution in [1.82, 2.24) is 10.1 Å². The van der Waals surface area contributed by atoms with Crippen LogP contribution in [-0.4, -0.2) is 36.2 Å². The second-order valence-electron chi connectivity index (χ2n) is 8.51. The van der Waals surface area contributed by atoms with Crippen molar-refractivity contribution in [2.75, 3.05) is 19.1 Å². The maximum absolute atomic E-state index is 14.3. The van der Waals surface area contributed by atoms with E-state index >= 15 is 0 Å². The van der Waals surface area contributed by atoms with E-state index in [1.54, 1.807) is 25.1 Å². The summed E-state index contributed by atoms with van der Waals surface area (Å²) < 4.78 is 41.9. The van der Waals surface area contributed by atoms with E-state index in [-0.39, 0.29) is 52.9 Å². The fourth-order valence-corrected chi connectivity index (χ4v) is 6.56. The van der Waals surface area contributed by atoms with Crippen LogP contribution in [0.5, 0.6) is 17.2 Å². The van der Waals surface area contributed by atoms with Crippen molar-refractivity contribution in [2.24, 2.45) is 5.92 Å². The van der Waals surface area contributed by atoms with Crippen molar-refractivity contribution >= 4 is 41.2 Å². The number of esters is 1. The molecule has 3 aromatic rings. The zero-order valence-corrected chi connectivity index (χ0v) is 23.2.